The van der Waals surface area contributed by atoms with Gasteiger partial charge in [-0.1, -0.05) is 13.0 Å². The Morgan fingerprint density at radius 2 is 2.07 bits per heavy atom. The van der Waals surface area contributed by atoms with Gasteiger partial charge in [0, 0.05) is 11.4 Å². The SMILES string of the molecule is CCC(Cl)CCCc1ccc(F)cc1F. The number of hydrogen-bond donors (Lipinski definition) is 0. The molecule has 0 aliphatic rings. The molecule has 0 aliphatic carbocycles. The summed E-state index contributed by atoms with van der Waals surface area (Å²) in [4.78, 5) is 0. The molecular formula is C12H15ClF2. The third-order valence-electron chi connectivity index (χ3n) is 2.42. The summed E-state index contributed by atoms with van der Waals surface area (Å²) < 4.78 is 25.8. The van der Waals surface area contributed by atoms with Gasteiger partial charge in [-0.05, 0) is 37.3 Å². The summed E-state index contributed by atoms with van der Waals surface area (Å²) >= 11 is 5.94. The Morgan fingerprint density at radius 3 is 2.67 bits per heavy atom. The van der Waals surface area contributed by atoms with Gasteiger partial charge in [-0.25, -0.2) is 8.78 Å². The first-order valence-electron chi connectivity index (χ1n) is 5.21. The standard InChI is InChI=1S/C12H15ClF2/c1-2-10(13)5-3-4-9-6-7-11(14)8-12(9)15/h6-8,10H,2-5H2,1H3. The van der Waals surface area contributed by atoms with Gasteiger partial charge < -0.3 is 0 Å². The second-order valence-corrected chi connectivity index (χ2v) is 4.25. The first kappa shape index (κ1) is 12.4. The van der Waals surface area contributed by atoms with Crippen molar-refractivity contribution in [1.29, 1.82) is 0 Å². The first-order valence-corrected chi connectivity index (χ1v) is 5.65. The lowest BCUT2D eigenvalue weighted by atomic mass is 10.1. The fourth-order valence-corrected chi connectivity index (χ4v) is 1.60. The smallest absolute Gasteiger partial charge is 0.129 e. The molecule has 0 nitrogen and oxygen atoms in total. The van der Waals surface area contributed by atoms with Crippen molar-refractivity contribution in [2.75, 3.05) is 0 Å². The van der Waals surface area contributed by atoms with Crippen molar-refractivity contribution < 1.29 is 8.78 Å². The molecule has 15 heavy (non-hydrogen) atoms. The highest BCUT2D eigenvalue weighted by molar-refractivity contribution is 6.20. The highest BCUT2D eigenvalue weighted by atomic mass is 35.5. The number of rotatable bonds is 5. The highest BCUT2D eigenvalue weighted by Gasteiger charge is 2.05. The van der Waals surface area contributed by atoms with Gasteiger partial charge in [0.05, 0.1) is 0 Å². The molecule has 1 atom stereocenters. The molecule has 0 aliphatic heterocycles. The van der Waals surface area contributed by atoms with Crippen LogP contribution in [0.1, 0.15) is 31.7 Å². The molecule has 1 rings (SSSR count). The van der Waals surface area contributed by atoms with Crippen LogP contribution in [0.25, 0.3) is 0 Å². The van der Waals surface area contributed by atoms with Crippen LogP contribution in [0.5, 0.6) is 0 Å². The molecule has 1 unspecified atom stereocenters. The van der Waals surface area contributed by atoms with Gasteiger partial charge >= 0.3 is 0 Å². The molecule has 0 N–H and O–H groups in total. The first-order chi connectivity index (χ1) is 7.13. The molecule has 0 saturated carbocycles. The van der Waals surface area contributed by atoms with Crippen LogP contribution in [0.3, 0.4) is 0 Å². The second-order valence-electron chi connectivity index (χ2n) is 3.63. The Labute approximate surface area is 94.3 Å². The van der Waals surface area contributed by atoms with Crippen molar-refractivity contribution in [3.63, 3.8) is 0 Å². The summed E-state index contributed by atoms with van der Waals surface area (Å²) in [6.45, 7) is 2.02. The Hall–Kier alpha value is -0.630. The lowest BCUT2D eigenvalue weighted by Crippen LogP contribution is -1.98. The van der Waals surface area contributed by atoms with Gasteiger partial charge in [-0.3, -0.25) is 0 Å². The fraction of sp³-hybridized carbons (Fsp3) is 0.500. The van der Waals surface area contributed by atoms with E-state index in [0.29, 0.717) is 12.0 Å². The predicted molar refractivity (Wildman–Crippen MR) is 59.2 cm³/mol. The molecular weight excluding hydrogens is 218 g/mol. The Morgan fingerprint density at radius 1 is 1.33 bits per heavy atom. The zero-order valence-corrected chi connectivity index (χ0v) is 9.53. The Balaban J connectivity index is 2.44. The molecule has 0 amide bonds. The number of halogens is 3. The lowest BCUT2D eigenvalue weighted by molar-refractivity contribution is 0.565. The third-order valence-corrected chi connectivity index (χ3v) is 2.95. The molecule has 1 aromatic rings. The van der Waals surface area contributed by atoms with Crippen LogP contribution in [0.2, 0.25) is 0 Å². The molecule has 0 heterocycles. The maximum atomic E-state index is 13.2. The van der Waals surface area contributed by atoms with Crippen molar-refractivity contribution >= 4 is 11.6 Å². The Kier molecular flexibility index (Phi) is 5.03. The number of hydrogen-bond acceptors (Lipinski definition) is 0. The molecule has 0 bridgehead atoms. The van der Waals surface area contributed by atoms with E-state index in [1.165, 1.54) is 12.1 Å². The minimum absolute atomic E-state index is 0.161. The fourth-order valence-electron chi connectivity index (χ4n) is 1.44. The van der Waals surface area contributed by atoms with Gasteiger partial charge in [-0.15, -0.1) is 11.6 Å². The largest absolute Gasteiger partial charge is 0.207 e. The van der Waals surface area contributed by atoms with E-state index < -0.39 is 11.6 Å². The van der Waals surface area contributed by atoms with Crippen molar-refractivity contribution in [3.8, 4) is 0 Å². The molecule has 0 fully saturated rings. The van der Waals surface area contributed by atoms with E-state index in [1.807, 2.05) is 6.92 Å². The van der Waals surface area contributed by atoms with E-state index in [2.05, 4.69) is 0 Å². The van der Waals surface area contributed by atoms with E-state index >= 15 is 0 Å². The average Bonchev–Trinajstić information content (AvgIpc) is 2.21. The van der Waals surface area contributed by atoms with Crippen molar-refractivity contribution in [2.45, 2.75) is 38.0 Å². The van der Waals surface area contributed by atoms with E-state index in [9.17, 15) is 8.78 Å². The van der Waals surface area contributed by atoms with Gasteiger partial charge in [0.1, 0.15) is 11.6 Å². The van der Waals surface area contributed by atoms with Gasteiger partial charge in [0.25, 0.3) is 0 Å². The van der Waals surface area contributed by atoms with Crippen LogP contribution in [-0.4, -0.2) is 5.38 Å². The molecule has 1 aromatic carbocycles. The van der Waals surface area contributed by atoms with Crippen molar-refractivity contribution in [1.82, 2.24) is 0 Å². The topological polar surface area (TPSA) is 0 Å². The van der Waals surface area contributed by atoms with E-state index in [0.717, 1.165) is 25.3 Å². The molecule has 0 aromatic heterocycles. The minimum Gasteiger partial charge on any atom is -0.207 e. The van der Waals surface area contributed by atoms with Crippen LogP contribution < -0.4 is 0 Å². The van der Waals surface area contributed by atoms with Crippen LogP contribution >= 0.6 is 11.6 Å². The Bertz CT molecular complexity index is 312. The van der Waals surface area contributed by atoms with E-state index in [1.54, 1.807) is 0 Å². The average molecular weight is 233 g/mol. The quantitative estimate of drug-likeness (QED) is 0.664. The summed E-state index contributed by atoms with van der Waals surface area (Å²) in [6, 6.07) is 3.71. The van der Waals surface area contributed by atoms with E-state index in [-0.39, 0.29) is 5.38 Å². The molecule has 0 saturated heterocycles. The lowest BCUT2D eigenvalue weighted by Gasteiger charge is -2.06. The normalized spacial score (nSPS) is 12.8. The number of benzene rings is 1. The van der Waals surface area contributed by atoms with Crippen LogP contribution in [0.15, 0.2) is 18.2 Å². The maximum absolute atomic E-state index is 13.2. The van der Waals surface area contributed by atoms with Gasteiger partial charge in [0.2, 0.25) is 0 Å². The molecule has 3 heteroatoms. The van der Waals surface area contributed by atoms with E-state index in [4.69, 9.17) is 11.6 Å². The summed E-state index contributed by atoms with van der Waals surface area (Å²) in [5, 5.41) is 0.161. The number of aryl methyl sites for hydroxylation is 1. The second kappa shape index (κ2) is 6.06. The summed E-state index contributed by atoms with van der Waals surface area (Å²) in [6.07, 6.45) is 3.25. The third kappa shape index (κ3) is 4.17. The maximum Gasteiger partial charge on any atom is 0.129 e. The predicted octanol–water partition coefficient (Wildman–Crippen LogP) is 4.30. The van der Waals surface area contributed by atoms with Crippen LogP contribution in [-0.2, 0) is 6.42 Å². The summed E-state index contributed by atoms with van der Waals surface area (Å²) in [5.74, 6) is -0.988. The van der Waals surface area contributed by atoms with Crippen molar-refractivity contribution in [2.24, 2.45) is 0 Å². The van der Waals surface area contributed by atoms with Crippen LogP contribution in [0, 0.1) is 11.6 Å². The minimum atomic E-state index is -0.528. The zero-order valence-electron chi connectivity index (χ0n) is 8.77. The van der Waals surface area contributed by atoms with Crippen molar-refractivity contribution in [3.05, 3.63) is 35.4 Å². The van der Waals surface area contributed by atoms with Gasteiger partial charge in [0.15, 0.2) is 0 Å². The number of alkyl halides is 1. The van der Waals surface area contributed by atoms with Crippen LogP contribution in [0.4, 0.5) is 8.78 Å². The highest BCUT2D eigenvalue weighted by Crippen LogP contribution is 2.15. The summed E-state index contributed by atoms with van der Waals surface area (Å²) in [5.41, 5.74) is 0.566. The molecule has 0 spiro atoms. The monoisotopic (exact) mass is 232 g/mol. The molecule has 84 valence electrons. The molecule has 0 radical (unpaired) electrons. The van der Waals surface area contributed by atoms with Gasteiger partial charge in [-0.2, -0.15) is 0 Å². The summed E-state index contributed by atoms with van der Waals surface area (Å²) in [7, 11) is 0. The zero-order chi connectivity index (χ0) is 11.3.